The minimum Gasteiger partial charge on any atom is -0.383 e. The molecule has 1 aromatic heterocycles. The van der Waals surface area contributed by atoms with Crippen molar-refractivity contribution in [3.05, 3.63) is 35.7 Å². The van der Waals surface area contributed by atoms with Gasteiger partial charge in [0, 0.05) is 18.5 Å². The van der Waals surface area contributed by atoms with Crippen LogP contribution in [0.1, 0.15) is 30.1 Å². The Balaban J connectivity index is 2.17. The fraction of sp³-hybridized carbons (Fsp3) is 0.286. The van der Waals surface area contributed by atoms with Crippen LogP contribution in [-0.4, -0.2) is 9.55 Å². The van der Waals surface area contributed by atoms with Crippen molar-refractivity contribution in [3.8, 4) is 17.3 Å². The summed E-state index contributed by atoms with van der Waals surface area (Å²) in [6.45, 7) is 0. The minimum atomic E-state index is 0.542. The van der Waals surface area contributed by atoms with Crippen molar-refractivity contribution in [2.75, 3.05) is 5.73 Å². The highest BCUT2D eigenvalue weighted by atomic mass is 15.1. The first kappa shape index (κ1) is 10.8. The molecule has 4 nitrogen and oxygen atoms in total. The van der Waals surface area contributed by atoms with Crippen molar-refractivity contribution in [2.24, 2.45) is 7.05 Å². The fourth-order valence-electron chi connectivity index (χ4n) is 2.22. The molecule has 18 heavy (non-hydrogen) atoms. The number of benzene rings is 1. The van der Waals surface area contributed by atoms with Gasteiger partial charge in [-0.2, -0.15) is 5.26 Å². The first-order valence-electron chi connectivity index (χ1n) is 6.04. The highest BCUT2D eigenvalue weighted by Crippen LogP contribution is 2.42. The zero-order chi connectivity index (χ0) is 12.7. The Labute approximate surface area is 106 Å². The Morgan fingerprint density at radius 2 is 2.11 bits per heavy atom. The van der Waals surface area contributed by atoms with E-state index in [1.807, 2.05) is 29.8 Å². The molecule has 90 valence electrons. The maximum absolute atomic E-state index is 9.14. The van der Waals surface area contributed by atoms with Crippen molar-refractivity contribution in [3.63, 3.8) is 0 Å². The summed E-state index contributed by atoms with van der Waals surface area (Å²) in [6.07, 6.45) is 2.37. The summed E-state index contributed by atoms with van der Waals surface area (Å²) in [7, 11) is 1.94. The zero-order valence-electron chi connectivity index (χ0n) is 10.2. The fourth-order valence-corrected chi connectivity index (χ4v) is 2.22. The lowest BCUT2D eigenvalue weighted by atomic mass is 10.1. The second-order valence-corrected chi connectivity index (χ2v) is 4.69. The standard InChI is InChI=1S/C14H14N4/c1-18-13(16)12(17-14(18)9-6-7-9)11-5-3-2-4-10(11)8-15/h2-5,9H,6-7,16H2,1H3. The number of imidazole rings is 1. The molecule has 0 atom stereocenters. The van der Waals surface area contributed by atoms with E-state index in [2.05, 4.69) is 11.1 Å². The number of aromatic nitrogens is 2. The predicted octanol–water partition coefficient (Wildman–Crippen LogP) is 2.42. The molecular formula is C14H14N4. The number of nitrogens with two attached hydrogens (primary N) is 1. The second kappa shape index (κ2) is 3.88. The molecule has 0 aliphatic heterocycles. The van der Waals surface area contributed by atoms with Crippen molar-refractivity contribution >= 4 is 5.82 Å². The van der Waals surface area contributed by atoms with Gasteiger partial charge < -0.3 is 10.3 Å². The third kappa shape index (κ3) is 1.56. The van der Waals surface area contributed by atoms with Crippen molar-refractivity contribution in [1.29, 1.82) is 5.26 Å². The van der Waals surface area contributed by atoms with Gasteiger partial charge in [-0.05, 0) is 18.9 Å². The summed E-state index contributed by atoms with van der Waals surface area (Å²) >= 11 is 0. The molecule has 4 heteroatoms. The molecular weight excluding hydrogens is 224 g/mol. The van der Waals surface area contributed by atoms with Gasteiger partial charge in [-0.3, -0.25) is 0 Å². The van der Waals surface area contributed by atoms with E-state index in [9.17, 15) is 0 Å². The molecule has 1 heterocycles. The monoisotopic (exact) mass is 238 g/mol. The average molecular weight is 238 g/mol. The van der Waals surface area contributed by atoms with Gasteiger partial charge in [-0.25, -0.2) is 4.98 Å². The van der Waals surface area contributed by atoms with Crippen LogP contribution in [0, 0.1) is 11.3 Å². The molecule has 0 saturated heterocycles. The number of rotatable bonds is 2. The maximum Gasteiger partial charge on any atom is 0.131 e. The number of hydrogen-bond acceptors (Lipinski definition) is 3. The van der Waals surface area contributed by atoms with Crippen LogP contribution in [0.4, 0.5) is 5.82 Å². The van der Waals surface area contributed by atoms with E-state index >= 15 is 0 Å². The highest BCUT2D eigenvalue weighted by Gasteiger charge is 2.30. The largest absolute Gasteiger partial charge is 0.383 e. The van der Waals surface area contributed by atoms with Crippen LogP contribution in [0.25, 0.3) is 11.3 Å². The Hall–Kier alpha value is -2.28. The van der Waals surface area contributed by atoms with Crippen LogP contribution in [0.2, 0.25) is 0 Å². The Bertz CT molecular complexity index is 644. The zero-order valence-corrected chi connectivity index (χ0v) is 10.2. The molecule has 3 rings (SSSR count). The van der Waals surface area contributed by atoms with Crippen molar-refractivity contribution < 1.29 is 0 Å². The van der Waals surface area contributed by atoms with Crippen LogP contribution in [-0.2, 0) is 7.05 Å². The van der Waals surface area contributed by atoms with Gasteiger partial charge >= 0.3 is 0 Å². The van der Waals surface area contributed by atoms with E-state index in [0.29, 0.717) is 17.3 Å². The SMILES string of the molecule is Cn1c(C2CC2)nc(-c2ccccc2C#N)c1N. The van der Waals surface area contributed by atoms with Crippen LogP contribution < -0.4 is 5.73 Å². The van der Waals surface area contributed by atoms with Crippen molar-refractivity contribution in [1.82, 2.24) is 9.55 Å². The third-order valence-corrected chi connectivity index (χ3v) is 3.42. The van der Waals surface area contributed by atoms with Crippen molar-refractivity contribution in [2.45, 2.75) is 18.8 Å². The summed E-state index contributed by atoms with van der Waals surface area (Å²) in [6, 6.07) is 9.63. The quantitative estimate of drug-likeness (QED) is 0.873. The Morgan fingerprint density at radius 1 is 1.39 bits per heavy atom. The van der Waals surface area contributed by atoms with E-state index in [-0.39, 0.29) is 0 Å². The second-order valence-electron chi connectivity index (χ2n) is 4.69. The van der Waals surface area contributed by atoms with Gasteiger partial charge in [0.1, 0.15) is 17.3 Å². The number of nitrogen functional groups attached to an aromatic ring is 1. The van der Waals surface area contributed by atoms with Gasteiger partial charge in [-0.15, -0.1) is 0 Å². The van der Waals surface area contributed by atoms with E-state index in [0.717, 1.165) is 17.1 Å². The van der Waals surface area contributed by atoms with Crippen LogP contribution in [0.15, 0.2) is 24.3 Å². The maximum atomic E-state index is 9.14. The van der Waals surface area contributed by atoms with Crippen LogP contribution in [0.3, 0.4) is 0 Å². The summed E-state index contributed by atoms with van der Waals surface area (Å²) in [5.74, 6) is 2.22. The topological polar surface area (TPSA) is 67.6 Å². The van der Waals surface area contributed by atoms with Gasteiger partial charge in [0.15, 0.2) is 0 Å². The average Bonchev–Trinajstić information content (AvgIpc) is 3.19. The van der Waals surface area contributed by atoms with E-state index < -0.39 is 0 Å². The van der Waals surface area contributed by atoms with Gasteiger partial charge in [-0.1, -0.05) is 18.2 Å². The van der Waals surface area contributed by atoms with Crippen LogP contribution in [0.5, 0.6) is 0 Å². The molecule has 1 aromatic carbocycles. The number of nitrogens with zero attached hydrogens (tertiary/aromatic N) is 3. The normalized spacial score (nSPS) is 14.4. The molecule has 1 saturated carbocycles. The third-order valence-electron chi connectivity index (χ3n) is 3.42. The molecule has 2 aromatic rings. The van der Waals surface area contributed by atoms with E-state index in [1.165, 1.54) is 12.8 Å². The molecule has 0 amide bonds. The lowest BCUT2D eigenvalue weighted by Crippen LogP contribution is -2.00. The van der Waals surface area contributed by atoms with E-state index in [1.54, 1.807) is 6.07 Å². The van der Waals surface area contributed by atoms with E-state index in [4.69, 9.17) is 11.0 Å². The Morgan fingerprint density at radius 3 is 2.78 bits per heavy atom. The summed E-state index contributed by atoms with van der Waals surface area (Å²) < 4.78 is 1.95. The molecule has 0 bridgehead atoms. The predicted molar refractivity (Wildman–Crippen MR) is 69.7 cm³/mol. The highest BCUT2D eigenvalue weighted by molar-refractivity contribution is 5.76. The first-order chi connectivity index (χ1) is 8.72. The molecule has 1 aliphatic carbocycles. The number of anilines is 1. The summed E-state index contributed by atoms with van der Waals surface area (Å²) in [5.41, 5.74) is 8.28. The summed E-state index contributed by atoms with van der Waals surface area (Å²) in [4.78, 5) is 4.64. The Kier molecular flexibility index (Phi) is 2.34. The molecule has 2 N–H and O–H groups in total. The summed E-state index contributed by atoms with van der Waals surface area (Å²) in [5, 5.41) is 9.14. The van der Waals surface area contributed by atoms with Crippen LogP contribution >= 0.6 is 0 Å². The minimum absolute atomic E-state index is 0.542. The smallest absolute Gasteiger partial charge is 0.131 e. The molecule has 0 radical (unpaired) electrons. The molecule has 0 spiro atoms. The van der Waals surface area contributed by atoms with Gasteiger partial charge in [0.25, 0.3) is 0 Å². The van der Waals surface area contributed by atoms with Gasteiger partial charge in [0.05, 0.1) is 11.6 Å². The first-order valence-corrected chi connectivity index (χ1v) is 6.04. The number of nitriles is 1. The molecule has 0 unspecified atom stereocenters. The number of hydrogen-bond donors (Lipinski definition) is 1. The lowest BCUT2D eigenvalue weighted by Gasteiger charge is -2.02. The molecule has 1 fully saturated rings. The van der Waals surface area contributed by atoms with Gasteiger partial charge in [0.2, 0.25) is 0 Å². The lowest BCUT2D eigenvalue weighted by molar-refractivity contribution is 0.807. The molecule has 1 aliphatic rings.